The van der Waals surface area contributed by atoms with E-state index in [9.17, 15) is 31.7 Å². The Morgan fingerprint density at radius 2 is 1.85 bits per heavy atom. The van der Waals surface area contributed by atoms with Gasteiger partial charge in [0.15, 0.2) is 4.90 Å². The zero-order valence-corrected chi connectivity index (χ0v) is 13.4. The smallest absolute Gasteiger partial charge is 0.334 e. The first kappa shape index (κ1) is 17.7. The van der Waals surface area contributed by atoms with Crippen LogP contribution in [0.2, 0.25) is 0 Å². The summed E-state index contributed by atoms with van der Waals surface area (Å²) in [5.41, 5.74) is -0.749. The van der Waals surface area contributed by atoms with E-state index in [1.165, 1.54) is 24.3 Å². The second-order valence-electron chi connectivity index (χ2n) is 5.15. The Morgan fingerprint density at radius 3 is 2.50 bits per heavy atom. The number of aromatic amines is 1. The quantitative estimate of drug-likeness (QED) is 0.527. The highest BCUT2D eigenvalue weighted by molar-refractivity contribution is 7.92. The van der Waals surface area contributed by atoms with Crippen LogP contribution < -0.4 is 4.72 Å². The molecule has 3 rings (SSSR count). The number of nitrogens with one attached hydrogen (secondary N) is 2. The summed E-state index contributed by atoms with van der Waals surface area (Å²) in [5.74, 6) is -1.22. The second kappa shape index (κ2) is 5.98. The van der Waals surface area contributed by atoms with Crippen LogP contribution >= 0.6 is 0 Å². The normalized spacial score (nSPS) is 12.3. The first-order valence-corrected chi connectivity index (χ1v) is 8.39. The van der Waals surface area contributed by atoms with E-state index in [1.54, 1.807) is 0 Å². The van der Waals surface area contributed by atoms with Gasteiger partial charge in [-0.05, 0) is 24.3 Å². The molecule has 0 fully saturated rings. The Hall–Kier alpha value is -3.15. The standard InChI is InChI=1S/C14H9F3N4O4S/c15-14(16,17)13-18-9-6-5-8(7-10(9)19-13)20-26(24,25)12-4-2-1-3-11(12)21(22)23/h1-7,20H,(H,18,19). The van der Waals surface area contributed by atoms with Crippen molar-refractivity contribution in [2.75, 3.05) is 4.72 Å². The number of nitro groups is 1. The number of hydrogen-bond donors (Lipinski definition) is 2. The number of sulfonamides is 1. The monoisotopic (exact) mass is 386 g/mol. The zero-order chi connectivity index (χ0) is 19.1. The molecule has 1 aromatic heterocycles. The Labute approximate surface area is 143 Å². The molecule has 0 bridgehead atoms. The lowest BCUT2D eigenvalue weighted by Crippen LogP contribution is -2.14. The van der Waals surface area contributed by atoms with Crippen molar-refractivity contribution >= 4 is 32.4 Å². The maximum atomic E-state index is 12.7. The topological polar surface area (TPSA) is 118 Å². The number of halogens is 3. The fourth-order valence-corrected chi connectivity index (χ4v) is 3.48. The van der Waals surface area contributed by atoms with Crippen molar-refractivity contribution < 1.29 is 26.5 Å². The molecule has 0 spiro atoms. The molecule has 0 aliphatic rings. The van der Waals surface area contributed by atoms with E-state index in [0.717, 1.165) is 18.2 Å². The van der Waals surface area contributed by atoms with Crippen molar-refractivity contribution in [2.24, 2.45) is 0 Å². The summed E-state index contributed by atoms with van der Waals surface area (Å²) in [6.07, 6.45) is -4.68. The number of alkyl halides is 3. The molecule has 8 nitrogen and oxygen atoms in total. The van der Waals surface area contributed by atoms with E-state index >= 15 is 0 Å². The summed E-state index contributed by atoms with van der Waals surface area (Å²) in [6, 6.07) is 8.22. The Balaban J connectivity index is 1.99. The van der Waals surface area contributed by atoms with E-state index in [-0.39, 0.29) is 16.7 Å². The fraction of sp³-hybridized carbons (Fsp3) is 0.0714. The summed E-state index contributed by atoms with van der Waals surface area (Å²) in [6.45, 7) is 0. The maximum Gasteiger partial charge on any atom is 0.449 e. The van der Waals surface area contributed by atoms with Crippen LogP contribution in [0.4, 0.5) is 24.5 Å². The molecule has 0 saturated carbocycles. The average Bonchev–Trinajstić information content (AvgIpc) is 2.98. The van der Waals surface area contributed by atoms with E-state index in [2.05, 4.69) is 14.7 Å². The third-order valence-electron chi connectivity index (χ3n) is 3.35. The van der Waals surface area contributed by atoms with Gasteiger partial charge < -0.3 is 4.98 Å². The molecule has 136 valence electrons. The second-order valence-corrected chi connectivity index (χ2v) is 6.80. The summed E-state index contributed by atoms with van der Waals surface area (Å²) in [5, 5.41) is 11.0. The van der Waals surface area contributed by atoms with Gasteiger partial charge in [-0.1, -0.05) is 12.1 Å². The first-order chi connectivity index (χ1) is 12.1. The third kappa shape index (κ3) is 3.31. The molecule has 0 radical (unpaired) electrons. The van der Waals surface area contributed by atoms with Gasteiger partial charge in [0, 0.05) is 6.07 Å². The molecule has 3 aromatic rings. The summed E-state index contributed by atoms with van der Waals surface area (Å²) in [4.78, 5) is 15.0. The minimum atomic E-state index is -4.68. The predicted octanol–water partition coefficient (Wildman–Crippen LogP) is 3.29. The number of nitrogens with zero attached hydrogens (tertiary/aromatic N) is 2. The van der Waals surface area contributed by atoms with Crippen LogP contribution in [0.3, 0.4) is 0 Å². The minimum Gasteiger partial charge on any atom is -0.334 e. The van der Waals surface area contributed by atoms with Crippen molar-refractivity contribution in [3.63, 3.8) is 0 Å². The van der Waals surface area contributed by atoms with Crippen LogP contribution in [0.1, 0.15) is 5.82 Å². The van der Waals surface area contributed by atoms with Crippen molar-refractivity contribution in [3.05, 3.63) is 58.4 Å². The molecular formula is C14H9F3N4O4S. The number of benzene rings is 2. The molecule has 0 unspecified atom stereocenters. The van der Waals surface area contributed by atoms with Crippen molar-refractivity contribution in [1.29, 1.82) is 0 Å². The van der Waals surface area contributed by atoms with Crippen LogP contribution in [0.15, 0.2) is 47.4 Å². The molecule has 12 heteroatoms. The van der Waals surface area contributed by atoms with Crippen LogP contribution in [0.25, 0.3) is 11.0 Å². The molecule has 2 aromatic carbocycles. The van der Waals surface area contributed by atoms with Gasteiger partial charge in [-0.25, -0.2) is 13.4 Å². The van der Waals surface area contributed by atoms with Crippen molar-refractivity contribution in [2.45, 2.75) is 11.1 Å². The van der Waals surface area contributed by atoms with Gasteiger partial charge in [-0.3, -0.25) is 14.8 Å². The molecule has 26 heavy (non-hydrogen) atoms. The van der Waals surface area contributed by atoms with Crippen LogP contribution in [-0.2, 0) is 16.2 Å². The first-order valence-electron chi connectivity index (χ1n) is 6.91. The van der Waals surface area contributed by atoms with Gasteiger partial charge in [0.05, 0.1) is 21.6 Å². The Kier molecular flexibility index (Phi) is 4.06. The molecule has 0 aliphatic heterocycles. The lowest BCUT2D eigenvalue weighted by atomic mass is 10.3. The number of rotatable bonds is 4. The fourth-order valence-electron chi connectivity index (χ4n) is 2.25. The number of nitro benzene ring substituents is 1. The average molecular weight is 386 g/mol. The summed E-state index contributed by atoms with van der Waals surface area (Å²) < 4.78 is 64.9. The van der Waals surface area contributed by atoms with E-state index in [4.69, 9.17) is 0 Å². The largest absolute Gasteiger partial charge is 0.449 e. The van der Waals surface area contributed by atoms with Gasteiger partial charge >= 0.3 is 6.18 Å². The van der Waals surface area contributed by atoms with Crippen LogP contribution in [0, 0.1) is 10.1 Å². The van der Waals surface area contributed by atoms with E-state index < -0.39 is 37.5 Å². The highest BCUT2D eigenvalue weighted by Crippen LogP contribution is 2.30. The van der Waals surface area contributed by atoms with Crippen LogP contribution in [0.5, 0.6) is 0 Å². The lowest BCUT2D eigenvalue weighted by molar-refractivity contribution is -0.387. The Bertz CT molecular complexity index is 1110. The summed E-state index contributed by atoms with van der Waals surface area (Å²) in [7, 11) is -4.33. The number of hydrogen-bond acceptors (Lipinski definition) is 5. The van der Waals surface area contributed by atoms with Gasteiger partial charge in [0.1, 0.15) is 0 Å². The number of H-pyrrole nitrogens is 1. The molecule has 1 heterocycles. The molecule has 0 saturated heterocycles. The Morgan fingerprint density at radius 1 is 1.15 bits per heavy atom. The minimum absolute atomic E-state index is 0.00837. The third-order valence-corrected chi connectivity index (χ3v) is 4.78. The number of imidazole rings is 1. The molecular weight excluding hydrogens is 377 g/mol. The van der Waals surface area contributed by atoms with Gasteiger partial charge in [0.25, 0.3) is 15.7 Å². The maximum absolute atomic E-state index is 12.7. The summed E-state index contributed by atoms with van der Waals surface area (Å²) >= 11 is 0. The highest BCUT2D eigenvalue weighted by atomic mass is 32.2. The lowest BCUT2D eigenvalue weighted by Gasteiger charge is -2.08. The zero-order valence-electron chi connectivity index (χ0n) is 12.6. The number of fused-ring (bicyclic) bond motifs is 1. The van der Waals surface area contributed by atoms with Gasteiger partial charge in [-0.2, -0.15) is 13.2 Å². The number of para-hydroxylation sites is 1. The highest BCUT2D eigenvalue weighted by Gasteiger charge is 2.34. The molecule has 0 amide bonds. The van der Waals surface area contributed by atoms with E-state index in [0.29, 0.717) is 0 Å². The SMILES string of the molecule is O=[N+]([O-])c1ccccc1S(=O)(=O)Nc1ccc2nc(C(F)(F)F)[nH]c2c1. The van der Waals surface area contributed by atoms with Crippen LogP contribution in [-0.4, -0.2) is 23.3 Å². The van der Waals surface area contributed by atoms with Gasteiger partial charge in [-0.15, -0.1) is 0 Å². The van der Waals surface area contributed by atoms with E-state index in [1.807, 2.05) is 0 Å². The molecule has 2 N–H and O–H groups in total. The van der Waals surface area contributed by atoms with Gasteiger partial charge in [0.2, 0.25) is 5.82 Å². The molecule has 0 atom stereocenters. The molecule has 0 aliphatic carbocycles. The van der Waals surface area contributed by atoms with Crippen molar-refractivity contribution in [1.82, 2.24) is 9.97 Å². The predicted molar refractivity (Wildman–Crippen MR) is 85.0 cm³/mol. The number of anilines is 1. The number of aromatic nitrogens is 2. The van der Waals surface area contributed by atoms with Crippen molar-refractivity contribution in [3.8, 4) is 0 Å².